The van der Waals surface area contributed by atoms with Gasteiger partial charge in [0.25, 0.3) is 0 Å². The Morgan fingerprint density at radius 3 is 2.00 bits per heavy atom. The van der Waals surface area contributed by atoms with Crippen LogP contribution >= 0.6 is 0 Å². The first-order valence-electron chi connectivity index (χ1n) is 5.41. The third-order valence-corrected chi connectivity index (χ3v) is 2.69. The second kappa shape index (κ2) is 5.64. The molecule has 1 aromatic rings. The van der Waals surface area contributed by atoms with Crippen LogP contribution in [0.4, 0.5) is 0 Å². The van der Waals surface area contributed by atoms with E-state index in [4.69, 9.17) is 9.47 Å². The molecular formula is C13H20O2. The van der Waals surface area contributed by atoms with Crippen LogP contribution in [-0.2, 0) is 6.42 Å². The zero-order valence-corrected chi connectivity index (χ0v) is 10.0. The van der Waals surface area contributed by atoms with Gasteiger partial charge in [-0.3, -0.25) is 0 Å². The number of rotatable bonds is 5. The van der Waals surface area contributed by atoms with Gasteiger partial charge in [-0.2, -0.15) is 0 Å². The van der Waals surface area contributed by atoms with Crippen molar-refractivity contribution < 1.29 is 9.47 Å². The van der Waals surface area contributed by atoms with Gasteiger partial charge in [-0.15, -0.1) is 0 Å². The molecule has 0 heterocycles. The largest absolute Gasteiger partial charge is 0.497 e. The maximum atomic E-state index is 5.23. The summed E-state index contributed by atoms with van der Waals surface area (Å²) in [5, 5.41) is 0. The Morgan fingerprint density at radius 1 is 1.07 bits per heavy atom. The molecule has 1 atom stereocenters. The average molecular weight is 208 g/mol. The lowest BCUT2D eigenvalue weighted by Crippen LogP contribution is -1.99. The standard InChI is InChI=1S/C13H20O2/c1-5-10(2)6-11-7-12(14-3)9-13(8-11)15-4/h7-10H,5-6H2,1-4H3. The molecule has 0 fully saturated rings. The minimum atomic E-state index is 0.696. The zero-order valence-electron chi connectivity index (χ0n) is 10.0. The van der Waals surface area contributed by atoms with Gasteiger partial charge in [0.1, 0.15) is 11.5 Å². The third-order valence-electron chi connectivity index (χ3n) is 2.69. The number of hydrogen-bond acceptors (Lipinski definition) is 2. The summed E-state index contributed by atoms with van der Waals surface area (Å²) in [7, 11) is 3.36. The minimum absolute atomic E-state index is 0.696. The fraction of sp³-hybridized carbons (Fsp3) is 0.538. The number of methoxy groups -OCH3 is 2. The summed E-state index contributed by atoms with van der Waals surface area (Å²) in [6.45, 7) is 4.47. The first-order chi connectivity index (χ1) is 7.19. The Kier molecular flexibility index (Phi) is 4.47. The van der Waals surface area contributed by atoms with E-state index in [1.165, 1.54) is 12.0 Å². The van der Waals surface area contributed by atoms with Crippen molar-refractivity contribution in [3.63, 3.8) is 0 Å². The van der Waals surface area contributed by atoms with Gasteiger partial charge in [0, 0.05) is 6.07 Å². The molecule has 15 heavy (non-hydrogen) atoms. The molecule has 0 aliphatic rings. The average Bonchev–Trinajstić information content (AvgIpc) is 2.28. The van der Waals surface area contributed by atoms with E-state index < -0.39 is 0 Å². The van der Waals surface area contributed by atoms with E-state index in [2.05, 4.69) is 26.0 Å². The van der Waals surface area contributed by atoms with Crippen LogP contribution in [-0.4, -0.2) is 14.2 Å². The van der Waals surface area contributed by atoms with Crippen LogP contribution in [0.2, 0.25) is 0 Å². The molecule has 0 aliphatic heterocycles. The molecule has 0 amide bonds. The second-order valence-electron chi connectivity index (χ2n) is 3.94. The van der Waals surface area contributed by atoms with E-state index in [9.17, 15) is 0 Å². The van der Waals surface area contributed by atoms with E-state index in [0.717, 1.165) is 17.9 Å². The van der Waals surface area contributed by atoms with Crippen molar-refractivity contribution in [2.75, 3.05) is 14.2 Å². The van der Waals surface area contributed by atoms with Crippen molar-refractivity contribution >= 4 is 0 Å². The SMILES string of the molecule is CCC(C)Cc1cc(OC)cc(OC)c1. The van der Waals surface area contributed by atoms with Crippen LogP contribution in [0.15, 0.2) is 18.2 Å². The third kappa shape index (κ3) is 3.46. The smallest absolute Gasteiger partial charge is 0.122 e. The van der Waals surface area contributed by atoms with Crippen molar-refractivity contribution in [2.24, 2.45) is 5.92 Å². The Bertz CT molecular complexity index is 285. The summed E-state index contributed by atoms with van der Waals surface area (Å²) in [5.41, 5.74) is 1.28. The molecule has 1 rings (SSSR count). The molecule has 1 aromatic carbocycles. The van der Waals surface area contributed by atoms with Gasteiger partial charge < -0.3 is 9.47 Å². The van der Waals surface area contributed by atoms with E-state index in [0.29, 0.717) is 5.92 Å². The topological polar surface area (TPSA) is 18.5 Å². The molecule has 2 nitrogen and oxygen atoms in total. The van der Waals surface area contributed by atoms with Gasteiger partial charge in [-0.25, -0.2) is 0 Å². The van der Waals surface area contributed by atoms with Crippen molar-refractivity contribution in [1.82, 2.24) is 0 Å². The highest BCUT2D eigenvalue weighted by molar-refractivity contribution is 5.38. The van der Waals surface area contributed by atoms with Crippen LogP contribution in [0.3, 0.4) is 0 Å². The lowest BCUT2D eigenvalue weighted by atomic mass is 9.98. The highest BCUT2D eigenvalue weighted by atomic mass is 16.5. The highest BCUT2D eigenvalue weighted by Gasteiger charge is 2.05. The number of benzene rings is 1. The maximum Gasteiger partial charge on any atom is 0.122 e. The molecule has 0 spiro atoms. The fourth-order valence-electron chi connectivity index (χ4n) is 1.53. The molecule has 0 saturated carbocycles. The molecular weight excluding hydrogens is 188 g/mol. The highest BCUT2D eigenvalue weighted by Crippen LogP contribution is 2.24. The van der Waals surface area contributed by atoms with Gasteiger partial charge in [-0.05, 0) is 30.0 Å². The van der Waals surface area contributed by atoms with Gasteiger partial charge in [-0.1, -0.05) is 20.3 Å². The molecule has 0 radical (unpaired) electrons. The van der Waals surface area contributed by atoms with E-state index in [-0.39, 0.29) is 0 Å². The maximum absolute atomic E-state index is 5.23. The molecule has 2 heteroatoms. The Labute approximate surface area is 92.2 Å². The molecule has 0 aliphatic carbocycles. The summed E-state index contributed by atoms with van der Waals surface area (Å²) in [5.74, 6) is 2.43. The van der Waals surface area contributed by atoms with Gasteiger partial charge in [0.05, 0.1) is 14.2 Å². The first kappa shape index (κ1) is 11.9. The molecule has 1 unspecified atom stereocenters. The van der Waals surface area contributed by atoms with Gasteiger partial charge in [0.2, 0.25) is 0 Å². The first-order valence-corrected chi connectivity index (χ1v) is 5.41. The summed E-state index contributed by atoms with van der Waals surface area (Å²) in [4.78, 5) is 0. The fourth-order valence-corrected chi connectivity index (χ4v) is 1.53. The van der Waals surface area contributed by atoms with Crippen LogP contribution in [0.5, 0.6) is 11.5 Å². The van der Waals surface area contributed by atoms with Gasteiger partial charge >= 0.3 is 0 Å². The molecule has 0 bridgehead atoms. The van der Waals surface area contributed by atoms with Crippen LogP contribution in [0.1, 0.15) is 25.8 Å². The summed E-state index contributed by atoms with van der Waals surface area (Å²) in [6.07, 6.45) is 2.27. The van der Waals surface area contributed by atoms with E-state index in [1.807, 2.05) is 6.07 Å². The van der Waals surface area contributed by atoms with Crippen molar-refractivity contribution in [1.29, 1.82) is 0 Å². The molecule has 0 aromatic heterocycles. The quantitative estimate of drug-likeness (QED) is 0.739. The van der Waals surface area contributed by atoms with Crippen LogP contribution < -0.4 is 9.47 Å². The Balaban J connectivity index is 2.86. The lowest BCUT2D eigenvalue weighted by Gasteiger charge is -2.11. The summed E-state index contributed by atoms with van der Waals surface area (Å²) in [6, 6.07) is 6.06. The van der Waals surface area contributed by atoms with Crippen LogP contribution in [0, 0.1) is 5.92 Å². The predicted molar refractivity (Wildman–Crippen MR) is 62.7 cm³/mol. The summed E-state index contributed by atoms with van der Waals surface area (Å²) < 4.78 is 10.5. The molecule has 0 N–H and O–H groups in total. The minimum Gasteiger partial charge on any atom is -0.497 e. The van der Waals surface area contributed by atoms with Crippen LogP contribution in [0.25, 0.3) is 0 Å². The van der Waals surface area contributed by atoms with E-state index >= 15 is 0 Å². The lowest BCUT2D eigenvalue weighted by molar-refractivity contribution is 0.392. The second-order valence-corrected chi connectivity index (χ2v) is 3.94. The van der Waals surface area contributed by atoms with Crippen molar-refractivity contribution in [2.45, 2.75) is 26.7 Å². The van der Waals surface area contributed by atoms with Crippen molar-refractivity contribution in [3.05, 3.63) is 23.8 Å². The monoisotopic (exact) mass is 208 g/mol. The Hall–Kier alpha value is -1.18. The Morgan fingerprint density at radius 2 is 1.60 bits per heavy atom. The number of ether oxygens (including phenoxy) is 2. The van der Waals surface area contributed by atoms with Gasteiger partial charge in [0.15, 0.2) is 0 Å². The molecule has 0 saturated heterocycles. The van der Waals surface area contributed by atoms with E-state index in [1.54, 1.807) is 14.2 Å². The predicted octanol–water partition coefficient (Wildman–Crippen LogP) is 3.29. The zero-order chi connectivity index (χ0) is 11.3. The van der Waals surface area contributed by atoms with Crippen molar-refractivity contribution in [3.8, 4) is 11.5 Å². The normalized spacial score (nSPS) is 12.3. The summed E-state index contributed by atoms with van der Waals surface area (Å²) >= 11 is 0. The molecule has 84 valence electrons. The number of hydrogen-bond donors (Lipinski definition) is 0.